The van der Waals surface area contributed by atoms with Gasteiger partial charge in [-0.2, -0.15) is 11.8 Å². The van der Waals surface area contributed by atoms with E-state index in [1.54, 1.807) is 6.08 Å². The van der Waals surface area contributed by atoms with Gasteiger partial charge in [0.25, 0.3) is 0 Å². The lowest BCUT2D eigenvalue weighted by Gasteiger charge is -2.39. The molecule has 1 atom stereocenters. The normalized spacial score (nSPS) is 25.7. The Bertz CT molecular complexity index is 270. The summed E-state index contributed by atoms with van der Waals surface area (Å²) < 4.78 is 0. The van der Waals surface area contributed by atoms with E-state index in [0.717, 1.165) is 38.1 Å². The Kier molecular flexibility index (Phi) is 6.06. The topological polar surface area (TPSA) is 40.5 Å². The summed E-state index contributed by atoms with van der Waals surface area (Å²) in [5.74, 6) is 0.491. The first-order chi connectivity index (χ1) is 8.14. The predicted octanol–water partition coefficient (Wildman–Crippen LogP) is 2.48. The highest BCUT2D eigenvalue weighted by molar-refractivity contribution is 7.98. The highest BCUT2D eigenvalue weighted by atomic mass is 32.2. The molecule has 17 heavy (non-hydrogen) atoms. The zero-order chi connectivity index (χ0) is 12.7. The Morgan fingerprint density at radius 3 is 3.00 bits per heavy atom. The molecule has 0 spiro atoms. The number of hydrogen-bond donors (Lipinski definition) is 1. The average molecular weight is 257 g/mol. The van der Waals surface area contributed by atoms with Crippen molar-refractivity contribution in [3.05, 3.63) is 12.7 Å². The standard InChI is InChI=1S/C13H23NO2S/c1-3-6-13(12(15)16)7-4-8-14(11-13)9-5-10-17-2/h3H,1,4-11H2,2H3,(H,15,16)/t13-/m0/s1. The lowest BCUT2D eigenvalue weighted by atomic mass is 9.77. The van der Waals surface area contributed by atoms with E-state index in [0.29, 0.717) is 13.0 Å². The van der Waals surface area contributed by atoms with Gasteiger partial charge in [-0.1, -0.05) is 6.08 Å². The lowest BCUT2D eigenvalue weighted by molar-refractivity contribution is -0.152. The van der Waals surface area contributed by atoms with Crippen LogP contribution in [-0.2, 0) is 4.79 Å². The van der Waals surface area contributed by atoms with Crippen LogP contribution >= 0.6 is 11.8 Å². The second-order valence-corrected chi connectivity index (χ2v) is 5.79. The van der Waals surface area contributed by atoms with E-state index in [9.17, 15) is 9.90 Å². The van der Waals surface area contributed by atoms with E-state index >= 15 is 0 Å². The Balaban J connectivity index is 2.55. The first kappa shape index (κ1) is 14.6. The van der Waals surface area contributed by atoms with Crippen LogP contribution in [0, 0.1) is 5.41 Å². The van der Waals surface area contributed by atoms with E-state index in [1.807, 2.05) is 11.8 Å². The third kappa shape index (κ3) is 4.03. The predicted molar refractivity (Wildman–Crippen MR) is 73.6 cm³/mol. The third-order valence-electron chi connectivity index (χ3n) is 3.47. The maximum Gasteiger partial charge on any atom is 0.311 e. The maximum absolute atomic E-state index is 11.5. The van der Waals surface area contributed by atoms with Gasteiger partial charge >= 0.3 is 5.97 Å². The molecular weight excluding hydrogens is 234 g/mol. The zero-order valence-corrected chi connectivity index (χ0v) is 11.5. The van der Waals surface area contributed by atoms with Gasteiger partial charge in [-0.05, 0) is 50.8 Å². The molecule has 1 N–H and O–H groups in total. The molecule has 0 radical (unpaired) electrons. The van der Waals surface area contributed by atoms with E-state index in [1.165, 1.54) is 0 Å². The summed E-state index contributed by atoms with van der Waals surface area (Å²) in [6, 6.07) is 0. The number of aliphatic carboxylic acids is 1. The highest BCUT2D eigenvalue weighted by Crippen LogP contribution is 2.34. The van der Waals surface area contributed by atoms with Crippen LogP contribution in [0.5, 0.6) is 0 Å². The minimum absolute atomic E-state index is 0.584. The minimum atomic E-state index is -0.660. The van der Waals surface area contributed by atoms with Gasteiger partial charge in [-0.3, -0.25) is 4.79 Å². The second kappa shape index (κ2) is 7.07. The first-order valence-electron chi connectivity index (χ1n) is 6.20. The number of carboxylic acid groups (broad SMARTS) is 1. The van der Waals surface area contributed by atoms with Crippen LogP contribution in [0.1, 0.15) is 25.7 Å². The fraction of sp³-hybridized carbons (Fsp3) is 0.769. The first-order valence-corrected chi connectivity index (χ1v) is 7.59. The monoisotopic (exact) mass is 257 g/mol. The summed E-state index contributed by atoms with van der Waals surface area (Å²) in [5, 5.41) is 9.43. The number of nitrogens with zero attached hydrogens (tertiary/aromatic N) is 1. The van der Waals surface area contributed by atoms with Gasteiger partial charge in [0, 0.05) is 6.54 Å². The molecule has 1 fully saturated rings. The summed E-state index contributed by atoms with van der Waals surface area (Å²) in [7, 11) is 0. The van der Waals surface area contributed by atoms with Gasteiger partial charge in [0.2, 0.25) is 0 Å². The third-order valence-corrected chi connectivity index (χ3v) is 4.16. The Morgan fingerprint density at radius 1 is 1.65 bits per heavy atom. The van der Waals surface area contributed by atoms with E-state index < -0.39 is 11.4 Å². The number of rotatable bonds is 7. The molecule has 1 saturated heterocycles. The number of hydrogen-bond acceptors (Lipinski definition) is 3. The van der Waals surface area contributed by atoms with E-state index in [-0.39, 0.29) is 0 Å². The van der Waals surface area contributed by atoms with Gasteiger partial charge in [0.1, 0.15) is 0 Å². The van der Waals surface area contributed by atoms with Crippen molar-refractivity contribution in [2.24, 2.45) is 5.41 Å². The van der Waals surface area contributed by atoms with Gasteiger partial charge < -0.3 is 10.0 Å². The van der Waals surface area contributed by atoms with Crippen molar-refractivity contribution in [3.63, 3.8) is 0 Å². The fourth-order valence-electron chi connectivity index (χ4n) is 2.56. The molecule has 1 aliphatic heterocycles. The molecule has 0 aromatic rings. The van der Waals surface area contributed by atoms with Crippen molar-refractivity contribution in [3.8, 4) is 0 Å². The molecule has 0 saturated carbocycles. The van der Waals surface area contributed by atoms with Crippen LogP contribution < -0.4 is 0 Å². The van der Waals surface area contributed by atoms with Crippen molar-refractivity contribution in [2.75, 3.05) is 31.6 Å². The van der Waals surface area contributed by atoms with Crippen LogP contribution in [0.15, 0.2) is 12.7 Å². The molecule has 1 rings (SSSR count). The van der Waals surface area contributed by atoms with Gasteiger partial charge in [0.15, 0.2) is 0 Å². The highest BCUT2D eigenvalue weighted by Gasteiger charge is 2.40. The molecule has 4 heteroatoms. The summed E-state index contributed by atoms with van der Waals surface area (Å²) in [6.45, 7) is 6.44. The van der Waals surface area contributed by atoms with Crippen LogP contribution in [0.25, 0.3) is 0 Å². The number of allylic oxidation sites excluding steroid dienone is 1. The SMILES string of the molecule is C=CC[C@]1(C(=O)O)CCCN(CCCSC)C1. The number of likely N-dealkylation sites (tertiary alicyclic amines) is 1. The Labute approximate surface area is 108 Å². The lowest BCUT2D eigenvalue weighted by Crippen LogP contribution is -2.47. The zero-order valence-electron chi connectivity index (χ0n) is 10.7. The molecule has 98 valence electrons. The summed E-state index contributed by atoms with van der Waals surface area (Å²) >= 11 is 1.85. The smallest absolute Gasteiger partial charge is 0.311 e. The molecular formula is C13H23NO2S. The number of thioether (sulfide) groups is 1. The van der Waals surface area contributed by atoms with Gasteiger partial charge in [-0.15, -0.1) is 6.58 Å². The molecule has 3 nitrogen and oxygen atoms in total. The van der Waals surface area contributed by atoms with Gasteiger partial charge in [-0.25, -0.2) is 0 Å². The van der Waals surface area contributed by atoms with E-state index in [2.05, 4.69) is 17.7 Å². The summed E-state index contributed by atoms with van der Waals surface area (Å²) in [6.07, 6.45) is 7.36. The number of piperidine rings is 1. The molecule has 0 aromatic heterocycles. The molecule has 0 unspecified atom stereocenters. The maximum atomic E-state index is 11.5. The van der Waals surface area contributed by atoms with Crippen molar-refractivity contribution in [1.29, 1.82) is 0 Å². The molecule has 0 bridgehead atoms. The quantitative estimate of drug-likeness (QED) is 0.562. The van der Waals surface area contributed by atoms with Crippen LogP contribution in [-0.4, -0.2) is 47.6 Å². The summed E-state index contributed by atoms with van der Waals surface area (Å²) in [4.78, 5) is 13.8. The average Bonchev–Trinajstić information content (AvgIpc) is 2.30. The summed E-state index contributed by atoms with van der Waals surface area (Å²) in [5.41, 5.74) is -0.584. The Morgan fingerprint density at radius 2 is 2.41 bits per heavy atom. The van der Waals surface area contributed by atoms with Crippen LogP contribution in [0.4, 0.5) is 0 Å². The molecule has 0 amide bonds. The molecule has 0 aromatic carbocycles. The minimum Gasteiger partial charge on any atom is -0.481 e. The second-order valence-electron chi connectivity index (χ2n) is 4.80. The number of carbonyl (C=O) groups is 1. The Hall–Kier alpha value is -0.480. The molecule has 1 heterocycles. The largest absolute Gasteiger partial charge is 0.481 e. The van der Waals surface area contributed by atoms with Crippen molar-refractivity contribution >= 4 is 17.7 Å². The molecule has 1 aliphatic rings. The van der Waals surface area contributed by atoms with Crippen molar-refractivity contribution < 1.29 is 9.90 Å². The van der Waals surface area contributed by atoms with Gasteiger partial charge in [0.05, 0.1) is 5.41 Å². The van der Waals surface area contributed by atoms with Crippen molar-refractivity contribution in [2.45, 2.75) is 25.7 Å². The fourth-order valence-corrected chi connectivity index (χ4v) is 2.97. The van der Waals surface area contributed by atoms with Crippen LogP contribution in [0.3, 0.4) is 0 Å². The van der Waals surface area contributed by atoms with Crippen LogP contribution in [0.2, 0.25) is 0 Å². The van der Waals surface area contributed by atoms with Crippen molar-refractivity contribution in [1.82, 2.24) is 4.90 Å². The van der Waals surface area contributed by atoms with E-state index in [4.69, 9.17) is 0 Å². The number of carboxylic acids is 1. The molecule has 0 aliphatic carbocycles.